The van der Waals surface area contributed by atoms with E-state index in [9.17, 15) is 8.42 Å². The summed E-state index contributed by atoms with van der Waals surface area (Å²) in [6.07, 6.45) is 4.91. The van der Waals surface area contributed by atoms with Gasteiger partial charge in [0.05, 0.1) is 6.26 Å². The minimum atomic E-state index is -3.12. The summed E-state index contributed by atoms with van der Waals surface area (Å²) in [6, 6.07) is 8.26. The van der Waals surface area contributed by atoms with Gasteiger partial charge in [0.15, 0.2) is 5.96 Å². The average Bonchev–Trinajstić information content (AvgIpc) is 3.02. The summed E-state index contributed by atoms with van der Waals surface area (Å²) in [5, 5.41) is 7.77. The summed E-state index contributed by atoms with van der Waals surface area (Å²) in [5.41, 5.74) is 2.42. The lowest BCUT2D eigenvalue weighted by Gasteiger charge is -2.18. The highest BCUT2D eigenvalue weighted by Crippen LogP contribution is 2.17. The summed E-state index contributed by atoms with van der Waals surface area (Å²) in [5.74, 6) is 0.729. The number of hydrogen-bond donors (Lipinski definition) is 3. The zero-order valence-electron chi connectivity index (χ0n) is 16.2. The molecule has 7 nitrogen and oxygen atoms in total. The number of fused-ring (bicyclic) bond motifs is 1. The van der Waals surface area contributed by atoms with Crippen LogP contribution in [0.25, 0.3) is 10.9 Å². The first-order valence-electron chi connectivity index (χ1n) is 8.90. The SMILES string of the molecule is CCN(CCCNC(=NC)NCCc1c[nH]c2ccccc12)S(C)(=O)=O.I. The molecule has 0 radical (unpaired) electrons. The van der Waals surface area contributed by atoms with Crippen LogP contribution in [0.2, 0.25) is 0 Å². The average molecular weight is 507 g/mol. The van der Waals surface area contributed by atoms with E-state index in [1.165, 1.54) is 21.5 Å². The quantitative estimate of drug-likeness (QED) is 0.210. The molecule has 0 atom stereocenters. The number of sulfonamides is 1. The van der Waals surface area contributed by atoms with Crippen LogP contribution in [0.5, 0.6) is 0 Å². The third-order valence-electron chi connectivity index (χ3n) is 4.28. The molecule has 27 heavy (non-hydrogen) atoms. The summed E-state index contributed by atoms with van der Waals surface area (Å²) in [4.78, 5) is 7.49. The lowest BCUT2D eigenvalue weighted by molar-refractivity contribution is 0.424. The highest BCUT2D eigenvalue weighted by molar-refractivity contribution is 14.0. The molecule has 1 heterocycles. The van der Waals surface area contributed by atoms with Gasteiger partial charge in [-0.3, -0.25) is 4.99 Å². The van der Waals surface area contributed by atoms with Crippen LogP contribution in [0.1, 0.15) is 18.9 Å². The van der Waals surface area contributed by atoms with E-state index < -0.39 is 10.0 Å². The number of H-pyrrole nitrogens is 1. The number of aromatic amines is 1. The normalized spacial score (nSPS) is 12.2. The minimum Gasteiger partial charge on any atom is -0.361 e. The van der Waals surface area contributed by atoms with Crippen LogP contribution >= 0.6 is 24.0 Å². The van der Waals surface area contributed by atoms with E-state index in [4.69, 9.17) is 0 Å². The molecule has 0 aliphatic heterocycles. The number of nitrogens with zero attached hydrogens (tertiary/aromatic N) is 2. The first kappa shape index (κ1) is 23.7. The zero-order valence-corrected chi connectivity index (χ0v) is 19.3. The Morgan fingerprint density at radius 1 is 1.22 bits per heavy atom. The molecule has 0 saturated heterocycles. The number of halogens is 1. The standard InChI is InChI=1S/C18H29N5O2S.HI/c1-4-23(26(3,24)25)13-7-11-20-18(19-2)21-12-10-15-14-22-17-9-6-5-8-16(15)17;/h5-6,8-9,14,22H,4,7,10-13H2,1-3H3,(H2,19,20,21);1H. The maximum atomic E-state index is 11.6. The number of para-hydroxylation sites is 1. The molecule has 0 fully saturated rings. The van der Waals surface area contributed by atoms with Gasteiger partial charge < -0.3 is 15.6 Å². The van der Waals surface area contributed by atoms with E-state index in [1.54, 1.807) is 7.05 Å². The van der Waals surface area contributed by atoms with Crippen molar-refractivity contribution in [2.24, 2.45) is 4.99 Å². The molecule has 2 rings (SSSR count). The van der Waals surface area contributed by atoms with E-state index in [2.05, 4.69) is 32.7 Å². The molecule has 9 heteroatoms. The molecule has 0 bridgehead atoms. The lowest BCUT2D eigenvalue weighted by Crippen LogP contribution is -2.40. The first-order valence-corrected chi connectivity index (χ1v) is 10.7. The van der Waals surface area contributed by atoms with E-state index in [-0.39, 0.29) is 24.0 Å². The van der Waals surface area contributed by atoms with Crippen molar-refractivity contribution in [3.8, 4) is 0 Å². The Kier molecular flexibility index (Phi) is 10.1. The molecule has 0 amide bonds. The van der Waals surface area contributed by atoms with Crippen LogP contribution in [0.4, 0.5) is 0 Å². The Morgan fingerprint density at radius 3 is 2.59 bits per heavy atom. The van der Waals surface area contributed by atoms with E-state index >= 15 is 0 Å². The van der Waals surface area contributed by atoms with E-state index in [0.717, 1.165) is 30.9 Å². The molecule has 152 valence electrons. The van der Waals surface area contributed by atoms with E-state index in [0.29, 0.717) is 19.6 Å². The molecule has 0 aliphatic rings. The number of aliphatic imine (C=N–C) groups is 1. The maximum Gasteiger partial charge on any atom is 0.211 e. The van der Waals surface area contributed by atoms with Crippen LogP contribution in [0, 0.1) is 0 Å². The topological polar surface area (TPSA) is 89.6 Å². The molecular formula is C18H30IN5O2S. The molecule has 2 aromatic rings. The van der Waals surface area contributed by atoms with Crippen LogP contribution in [-0.2, 0) is 16.4 Å². The number of aromatic nitrogens is 1. The second kappa shape index (κ2) is 11.5. The fraction of sp³-hybridized carbons (Fsp3) is 0.500. The Hall–Kier alpha value is -1.33. The second-order valence-electron chi connectivity index (χ2n) is 6.14. The van der Waals surface area contributed by atoms with Gasteiger partial charge in [-0.15, -0.1) is 24.0 Å². The third-order valence-corrected chi connectivity index (χ3v) is 5.66. The summed E-state index contributed by atoms with van der Waals surface area (Å²) >= 11 is 0. The zero-order chi connectivity index (χ0) is 19.0. The van der Waals surface area contributed by atoms with Crippen LogP contribution in [0.15, 0.2) is 35.5 Å². The van der Waals surface area contributed by atoms with Gasteiger partial charge in [0.1, 0.15) is 0 Å². The number of benzene rings is 1. The summed E-state index contributed by atoms with van der Waals surface area (Å²) in [6.45, 7) is 4.29. The smallest absolute Gasteiger partial charge is 0.211 e. The molecule has 3 N–H and O–H groups in total. The number of nitrogens with one attached hydrogen (secondary N) is 3. The third kappa shape index (κ3) is 7.30. The van der Waals surface area contributed by atoms with Gasteiger partial charge in [0.25, 0.3) is 0 Å². The van der Waals surface area contributed by atoms with Gasteiger partial charge in [0, 0.05) is 50.3 Å². The van der Waals surface area contributed by atoms with Crippen molar-refractivity contribution in [2.45, 2.75) is 19.8 Å². The highest BCUT2D eigenvalue weighted by Gasteiger charge is 2.13. The molecule has 1 aromatic heterocycles. The van der Waals surface area contributed by atoms with Gasteiger partial charge in [-0.2, -0.15) is 0 Å². The van der Waals surface area contributed by atoms with Crippen molar-refractivity contribution in [2.75, 3.05) is 39.5 Å². The molecule has 1 aromatic carbocycles. The monoisotopic (exact) mass is 507 g/mol. The van der Waals surface area contributed by atoms with Crippen molar-refractivity contribution in [3.05, 3.63) is 36.0 Å². The Balaban J connectivity index is 0.00000364. The first-order chi connectivity index (χ1) is 12.5. The van der Waals surface area contributed by atoms with Crippen molar-refractivity contribution in [1.29, 1.82) is 0 Å². The fourth-order valence-electron chi connectivity index (χ4n) is 2.90. The highest BCUT2D eigenvalue weighted by atomic mass is 127. The maximum absolute atomic E-state index is 11.6. The van der Waals surface area contributed by atoms with Gasteiger partial charge in [-0.05, 0) is 24.5 Å². The Bertz CT molecular complexity index is 835. The summed E-state index contributed by atoms with van der Waals surface area (Å²) in [7, 11) is -1.39. The number of hydrogen-bond acceptors (Lipinski definition) is 3. The van der Waals surface area contributed by atoms with Crippen molar-refractivity contribution >= 4 is 50.9 Å². The molecular weight excluding hydrogens is 477 g/mol. The minimum absolute atomic E-state index is 0. The largest absolute Gasteiger partial charge is 0.361 e. The number of rotatable bonds is 9. The molecule has 0 saturated carbocycles. The second-order valence-corrected chi connectivity index (χ2v) is 8.13. The molecule has 0 unspecified atom stereocenters. The fourth-order valence-corrected chi connectivity index (χ4v) is 3.83. The molecule has 0 spiro atoms. The Labute approximate surface area is 179 Å². The van der Waals surface area contributed by atoms with Crippen LogP contribution in [-0.4, -0.2) is 63.1 Å². The number of guanidine groups is 1. The van der Waals surface area contributed by atoms with Crippen LogP contribution < -0.4 is 10.6 Å². The van der Waals surface area contributed by atoms with Gasteiger partial charge >= 0.3 is 0 Å². The van der Waals surface area contributed by atoms with Crippen molar-refractivity contribution in [1.82, 2.24) is 19.9 Å². The van der Waals surface area contributed by atoms with Crippen molar-refractivity contribution < 1.29 is 8.42 Å². The predicted octanol–water partition coefficient (Wildman–Crippen LogP) is 2.17. The summed E-state index contributed by atoms with van der Waals surface area (Å²) < 4.78 is 24.6. The van der Waals surface area contributed by atoms with Gasteiger partial charge in [0.2, 0.25) is 10.0 Å². The van der Waals surface area contributed by atoms with E-state index in [1.807, 2.05) is 25.3 Å². The van der Waals surface area contributed by atoms with Crippen molar-refractivity contribution in [3.63, 3.8) is 0 Å². The van der Waals surface area contributed by atoms with Crippen LogP contribution in [0.3, 0.4) is 0 Å². The van der Waals surface area contributed by atoms with Gasteiger partial charge in [-0.25, -0.2) is 12.7 Å². The predicted molar refractivity (Wildman–Crippen MR) is 123 cm³/mol. The lowest BCUT2D eigenvalue weighted by atomic mass is 10.1. The van der Waals surface area contributed by atoms with Gasteiger partial charge in [-0.1, -0.05) is 25.1 Å². The Morgan fingerprint density at radius 2 is 1.93 bits per heavy atom. The molecule has 0 aliphatic carbocycles.